The van der Waals surface area contributed by atoms with E-state index in [0.29, 0.717) is 11.3 Å². The van der Waals surface area contributed by atoms with Crippen LogP contribution >= 0.6 is 15.9 Å². The van der Waals surface area contributed by atoms with Crippen molar-refractivity contribution in [2.75, 3.05) is 10.5 Å². The van der Waals surface area contributed by atoms with Gasteiger partial charge in [0, 0.05) is 4.47 Å². The van der Waals surface area contributed by atoms with Gasteiger partial charge in [-0.3, -0.25) is 4.72 Å². The van der Waals surface area contributed by atoms with Crippen molar-refractivity contribution in [1.29, 1.82) is 0 Å². The quantitative estimate of drug-likeness (QED) is 0.813. The maximum atomic E-state index is 12.5. The zero-order valence-corrected chi connectivity index (χ0v) is 14.3. The zero-order valence-electron chi connectivity index (χ0n) is 11.9. The molecule has 7 heteroatoms. The van der Waals surface area contributed by atoms with E-state index < -0.39 is 10.0 Å². The molecule has 21 heavy (non-hydrogen) atoms. The predicted molar refractivity (Wildman–Crippen MR) is 87.8 cm³/mol. The molecule has 0 fully saturated rings. The molecule has 1 aromatic heterocycles. The molecule has 5 nitrogen and oxygen atoms in total. The van der Waals surface area contributed by atoms with E-state index in [9.17, 15) is 8.42 Å². The Morgan fingerprint density at radius 3 is 2.43 bits per heavy atom. The summed E-state index contributed by atoms with van der Waals surface area (Å²) in [6.45, 7) is 5.37. The van der Waals surface area contributed by atoms with Gasteiger partial charge in [0.2, 0.25) is 0 Å². The van der Waals surface area contributed by atoms with Crippen molar-refractivity contribution in [2.45, 2.75) is 25.7 Å². The number of anilines is 2. The van der Waals surface area contributed by atoms with Crippen molar-refractivity contribution in [2.24, 2.45) is 0 Å². The summed E-state index contributed by atoms with van der Waals surface area (Å²) in [7, 11) is -3.78. The van der Waals surface area contributed by atoms with Crippen molar-refractivity contribution in [1.82, 2.24) is 4.98 Å². The van der Waals surface area contributed by atoms with Crippen LogP contribution in [-0.4, -0.2) is 13.4 Å². The number of hydrogen-bond acceptors (Lipinski definition) is 4. The molecule has 0 saturated carbocycles. The first kappa shape index (κ1) is 15.8. The summed E-state index contributed by atoms with van der Waals surface area (Å²) < 4.78 is 28.4. The average molecular weight is 370 g/mol. The van der Waals surface area contributed by atoms with Crippen LogP contribution in [0.4, 0.5) is 11.5 Å². The first-order valence-electron chi connectivity index (χ1n) is 6.24. The number of halogens is 1. The van der Waals surface area contributed by atoms with Crippen LogP contribution in [0.3, 0.4) is 0 Å². The van der Waals surface area contributed by atoms with Crippen LogP contribution in [0.25, 0.3) is 0 Å². The number of nitrogens with one attached hydrogen (secondary N) is 1. The number of nitrogen functional groups attached to an aromatic ring is 1. The molecule has 0 bridgehead atoms. The van der Waals surface area contributed by atoms with Crippen LogP contribution in [0.5, 0.6) is 0 Å². The summed E-state index contributed by atoms with van der Waals surface area (Å²) in [5, 5.41) is 0. The highest BCUT2D eigenvalue weighted by Crippen LogP contribution is 2.27. The van der Waals surface area contributed by atoms with Gasteiger partial charge in [0.15, 0.2) is 0 Å². The monoisotopic (exact) mass is 369 g/mol. The van der Waals surface area contributed by atoms with Crippen LogP contribution in [0.15, 0.2) is 33.6 Å². The molecule has 1 aromatic carbocycles. The maximum Gasteiger partial charge on any atom is 0.265 e. The van der Waals surface area contributed by atoms with Gasteiger partial charge in [-0.05, 0) is 66.0 Å². The summed E-state index contributed by atoms with van der Waals surface area (Å²) >= 11 is 3.33. The zero-order chi connectivity index (χ0) is 15.8. The Hall–Kier alpha value is -1.60. The lowest BCUT2D eigenvalue weighted by molar-refractivity contribution is 0.600. The van der Waals surface area contributed by atoms with Gasteiger partial charge in [-0.1, -0.05) is 6.07 Å². The summed E-state index contributed by atoms with van der Waals surface area (Å²) in [4.78, 5) is 4.29. The third kappa shape index (κ3) is 3.19. The van der Waals surface area contributed by atoms with E-state index in [-0.39, 0.29) is 16.4 Å². The SMILES string of the molecule is Cc1ccc(N)c(S(=O)(=O)Nc2ccc(Br)c(C)n2)c1C. The van der Waals surface area contributed by atoms with E-state index in [1.165, 1.54) is 0 Å². The Morgan fingerprint density at radius 1 is 1.14 bits per heavy atom. The number of nitrogens with two attached hydrogens (primary N) is 1. The van der Waals surface area contributed by atoms with Crippen LogP contribution in [0.1, 0.15) is 16.8 Å². The number of hydrogen-bond donors (Lipinski definition) is 2. The predicted octanol–water partition coefficient (Wildman–Crippen LogP) is 3.15. The molecule has 0 atom stereocenters. The Kier molecular flexibility index (Phi) is 4.25. The molecule has 0 aliphatic carbocycles. The van der Waals surface area contributed by atoms with Crippen molar-refractivity contribution >= 4 is 37.5 Å². The fourth-order valence-corrected chi connectivity index (χ4v) is 3.61. The van der Waals surface area contributed by atoms with Crippen LogP contribution in [0, 0.1) is 20.8 Å². The number of rotatable bonds is 3. The molecular formula is C14H16BrN3O2S. The Bertz CT molecular complexity index is 804. The van der Waals surface area contributed by atoms with Crippen molar-refractivity contribution < 1.29 is 8.42 Å². The Labute approximate surface area is 132 Å². The summed E-state index contributed by atoms with van der Waals surface area (Å²) in [5.74, 6) is 0.260. The fourth-order valence-electron chi connectivity index (χ4n) is 1.96. The topological polar surface area (TPSA) is 85.1 Å². The summed E-state index contributed by atoms with van der Waals surface area (Å²) in [6, 6.07) is 6.73. The Morgan fingerprint density at radius 2 is 1.81 bits per heavy atom. The van der Waals surface area contributed by atoms with Gasteiger partial charge in [-0.25, -0.2) is 13.4 Å². The second-order valence-corrected chi connectivity index (χ2v) is 7.27. The molecule has 2 rings (SSSR count). The van der Waals surface area contributed by atoms with Gasteiger partial charge < -0.3 is 5.73 Å². The smallest absolute Gasteiger partial charge is 0.265 e. The maximum absolute atomic E-state index is 12.5. The normalized spacial score (nSPS) is 11.4. The second kappa shape index (κ2) is 5.65. The van der Waals surface area contributed by atoms with E-state index >= 15 is 0 Å². The molecule has 0 aliphatic rings. The van der Waals surface area contributed by atoms with Gasteiger partial charge in [-0.15, -0.1) is 0 Å². The average Bonchev–Trinajstić information content (AvgIpc) is 2.38. The van der Waals surface area contributed by atoms with Gasteiger partial charge in [-0.2, -0.15) is 0 Å². The number of aromatic nitrogens is 1. The van der Waals surface area contributed by atoms with E-state index in [4.69, 9.17) is 5.73 Å². The molecule has 0 aliphatic heterocycles. The molecule has 0 spiro atoms. The molecule has 1 heterocycles. The lowest BCUT2D eigenvalue weighted by Gasteiger charge is -2.14. The highest BCUT2D eigenvalue weighted by atomic mass is 79.9. The van der Waals surface area contributed by atoms with Crippen LogP contribution in [0.2, 0.25) is 0 Å². The minimum absolute atomic E-state index is 0.102. The van der Waals surface area contributed by atoms with E-state index in [0.717, 1.165) is 10.0 Å². The number of sulfonamides is 1. The van der Waals surface area contributed by atoms with Crippen LogP contribution < -0.4 is 10.5 Å². The van der Waals surface area contributed by atoms with Gasteiger partial charge in [0.25, 0.3) is 10.0 Å². The summed E-state index contributed by atoms with van der Waals surface area (Å²) in [5.41, 5.74) is 8.26. The van der Waals surface area contributed by atoms with Gasteiger partial charge >= 0.3 is 0 Å². The van der Waals surface area contributed by atoms with Gasteiger partial charge in [0.05, 0.1) is 11.4 Å². The van der Waals surface area contributed by atoms with Crippen molar-refractivity contribution in [3.8, 4) is 0 Å². The number of benzene rings is 1. The van der Waals surface area contributed by atoms with E-state index in [1.54, 1.807) is 38.1 Å². The molecule has 0 unspecified atom stereocenters. The molecule has 0 amide bonds. The number of nitrogens with zero attached hydrogens (tertiary/aromatic N) is 1. The number of aryl methyl sites for hydroxylation is 2. The van der Waals surface area contributed by atoms with Crippen molar-refractivity contribution in [3.63, 3.8) is 0 Å². The molecular weight excluding hydrogens is 354 g/mol. The van der Waals surface area contributed by atoms with Crippen molar-refractivity contribution in [3.05, 3.63) is 45.6 Å². The first-order chi connectivity index (χ1) is 9.72. The highest BCUT2D eigenvalue weighted by Gasteiger charge is 2.22. The standard InChI is InChI=1S/C14H16BrN3O2S/c1-8-4-6-12(16)14(9(8)2)21(19,20)18-13-7-5-11(15)10(3)17-13/h4-7H,16H2,1-3H3,(H,17,18). The minimum atomic E-state index is -3.78. The summed E-state index contributed by atoms with van der Waals surface area (Å²) in [6.07, 6.45) is 0. The lowest BCUT2D eigenvalue weighted by atomic mass is 10.1. The van der Waals surface area contributed by atoms with E-state index in [2.05, 4.69) is 25.6 Å². The van der Waals surface area contributed by atoms with E-state index in [1.807, 2.05) is 6.92 Å². The first-order valence-corrected chi connectivity index (χ1v) is 8.51. The highest BCUT2D eigenvalue weighted by molar-refractivity contribution is 9.10. The molecule has 112 valence electrons. The second-order valence-electron chi connectivity index (χ2n) is 4.80. The van der Waals surface area contributed by atoms with Crippen LogP contribution in [-0.2, 0) is 10.0 Å². The lowest BCUT2D eigenvalue weighted by Crippen LogP contribution is -2.17. The van der Waals surface area contributed by atoms with Gasteiger partial charge in [0.1, 0.15) is 10.7 Å². The third-order valence-corrected chi connectivity index (χ3v) is 5.63. The largest absolute Gasteiger partial charge is 0.398 e. The minimum Gasteiger partial charge on any atom is -0.398 e. The third-order valence-electron chi connectivity index (χ3n) is 3.24. The molecule has 2 aromatic rings. The number of pyridine rings is 1. The molecule has 0 radical (unpaired) electrons. The Balaban J connectivity index is 2.48. The molecule has 3 N–H and O–H groups in total. The molecule has 0 saturated heterocycles. The fraction of sp³-hybridized carbons (Fsp3) is 0.214.